The first-order chi connectivity index (χ1) is 15.4. The van der Waals surface area contributed by atoms with Gasteiger partial charge < -0.3 is 10.2 Å². The summed E-state index contributed by atoms with van der Waals surface area (Å²) in [5.74, 6) is 0.294. The predicted octanol–water partition coefficient (Wildman–Crippen LogP) is 4.64. The highest BCUT2D eigenvalue weighted by Gasteiger charge is 2.30. The molecule has 1 aromatic heterocycles. The van der Waals surface area contributed by atoms with Crippen LogP contribution >= 0.6 is 0 Å². The number of carbonyl (C=O) groups excluding carboxylic acids is 1. The predicted molar refractivity (Wildman–Crippen MR) is 125 cm³/mol. The monoisotopic (exact) mass is 433 g/mol. The van der Waals surface area contributed by atoms with E-state index in [1.165, 1.54) is 24.6 Å². The summed E-state index contributed by atoms with van der Waals surface area (Å²) in [6, 6.07) is 14.7. The molecule has 3 aromatic rings. The number of hydrogen-bond acceptors (Lipinski definition) is 5. The van der Waals surface area contributed by atoms with Crippen molar-refractivity contribution in [1.29, 1.82) is 0 Å². The van der Waals surface area contributed by atoms with Crippen LogP contribution in [0.25, 0.3) is 11.1 Å². The van der Waals surface area contributed by atoms with Crippen LogP contribution in [0.2, 0.25) is 0 Å². The molecule has 1 fully saturated rings. The van der Waals surface area contributed by atoms with Crippen LogP contribution in [0.4, 0.5) is 16.0 Å². The fourth-order valence-electron chi connectivity index (χ4n) is 4.19. The Morgan fingerprint density at radius 2 is 2.00 bits per heavy atom. The van der Waals surface area contributed by atoms with Gasteiger partial charge in [0.05, 0.1) is 11.7 Å². The Bertz CT molecular complexity index is 1100. The molecule has 0 saturated carbocycles. The van der Waals surface area contributed by atoms with Crippen molar-refractivity contribution in [2.45, 2.75) is 32.4 Å². The van der Waals surface area contributed by atoms with Crippen molar-refractivity contribution in [2.75, 3.05) is 30.9 Å². The maximum Gasteiger partial charge on any atom is 0.225 e. The zero-order valence-corrected chi connectivity index (χ0v) is 18.7. The fourth-order valence-corrected chi connectivity index (χ4v) is 4.19. The Morgan fingerprint density at radius 3 is 2.69 bits per heavy atom. The Morgan fingerprint density at radius 1 is 1.22 bits per heavy atom. The van der Waals surface area contributed by atoms with Crippen LogP contribution in [0.15, 0.2) is 54.7 Å². The quantitative estimate of drug-likeness (QED) is 0.613. The molecule has 32 heavy (non-hydrogen) atoms. The summed E-state index contributed by atoms with van der Waals surface area (Å²) in [5.41, 5.74) is 4.55. The van der Waals surface area contributed by atoms with Crippen LogP contribution in [0, 0.1) is 5.82 Å². The van der Waals surface area contributed by atoms with Crippen LogP contribution < -0.4 is 10.2 Å². The Hall–Kier alpha value is -3.32. The molecule has 0 radical (unpaired) electrons. The molecular formula is C25H28FN5O. The van der Waals surface area contributed by atoms with Gasteiger partial charge in [0.25, 0.3) is 0 Å². The third-order valence-electron chi connectivity index (χ3n) is 5.68. The summed E-state index contributed by atoms with van der Waals surface area (Å²) in [6.07, 6.45) is 3.86. The molecule has 1 aliphatic rings. The van der Waals surface area contributed by atoms with E-state index in [4.69, 9.17) is 4.98 Å². The van der Waals surface area contributed by atoms with Crippen molar-refractivity contribution in [2.24, 2.45) is 0 Å². The van der Waals surface area contributed by atoms with Crippen LogP contribution in [0.1, 0.15) is 37.1 Å². The topological polar surface area (TPSA) is 61.4 Å². The highest BCUT2D eigenvalue weighted by Crippen LogP contribution is 2.38. The number of halogens is 1. The molecule has 0 unspecified atom stereocenters. The van der Waals surface area contributed by atoms with Gasteiger partial charge in [0.2, 0.25) is 11.9 Å². The van der Waals surface area contributed by atoms with Gasteiger partial charge in [-0.2, -0.15) is 0 Å². The smallest absolute Gasteiger partial charge is 0.225 e. The number of anilines is 2. The van der Waals surface area contributed by atoms with Gasteiger partial charge in [0, 0.05) is 45.0 Å². The van der Waals surface area contributed by atoms with E-state index in [0.717, 1.165) is 48.4 Å². The zero-order chi connectivity index (χ0) is 22.7. The molecule has 1 N–H and O–H groups in total. The second kappa shape index (κ2) is 9.44. The van der Waals surface area contributed by atoms with E-state index in [1.54, 1.807) is 6.07 Å². The van der Waals surface area contributed by atoms with E-state index in [0.29, 0.717) is 5.95 Å². The lowest BCUT2D eigenvalue weighted by atomic mass is 9.99. The fraction of sp³-hybridized carbons (Fsp3) is 0.320. The molecule has 4 rings (SSSR count). The van der Waals surface area contributed by atoms with E-state index in [2.05, 4.69) is 15.2 Å². The van der Waals surface area contributed by atoms with Gasteiger partial charge in [0.1, 0.15) is 5.82 Å². The Labute approximate surface area is 188 Å². The van der Waals surface area contributed by atoms with Gasteiger partial charge in [-0.1, -0.05) is 24.3 Å². The third kappa shape index (κ3) is 4.94. The number of rotatable bonds is 6. The molecule has 1 amide bonds. The third-order valence-corrected chi connectivity index (χ3v) is 5.68. The molecular weight excluding hydrogens is 405 g/mol. The van der Waals surface area contributed by atoms with Crippen LogP contribution in [-0.2, 0) is 11.3 Å². The molecule has 6 nitrogen and oxygen atoms in total. The number of amides is 1. The van der Waals surface area contributed by atoms with E-state index in [1.807, 2.05) is 55.5 Å². The lowest BCUT2D eigenvalue weighted by Crippen LogP contribution is -2.25. The first-order valence-electron chi connectivity index (χ1n) is 10.8. The first-order valence-corrected chi connectivity index (χ1v) is 10.8. The van der Waals surface area contributed by atoms with Crippen molar-refractivity contribution >= 4 is 17.5 Å². The standard InChI is InChI=1S/C25H28FN5O/c1-17(32)28-21-11-9-18(10-12-21)16-31-13-5-8-23(31)24-22(15-27-25(29-24)30(2)3)19-6-4-7-20(26)14-19/h4,6-7,9-12,14-15,23H,5,8,13,16H2,1-3H3,(H,28,32)/t23-/m1/s1. The maximum absolute atomic E-state index is 14.0. The number of carbonyl (C=O) groups is 1. The summed E-state index contributed by atoms with van der Waals surface area (Å²) in [4.78, 5) is 25.0. The van der Waals surface area contributed by atoms with Crippen molar-refractivity contribution in [3.63, 3.8) is 0 Å². The van der Waals surface area contributed by atoms with E-state index < -0.39 is 0 Å². The number of benzene rings is 2. The second-order valence-corrected chi connectivity index (χ2v) is 8.38. The number of aromatic nitrogens is 2. The number of nitrogens with zero attached hydrogens (tertiary/aromatic N) is 4. The number of likely N-dealkylation sites (tertiary alicyclic amines) is 1. The Kier molecular flexibility index (Phi) is 6.46. The van der Waals surface area contributed by atoms with Crippen molar-refractivity contribution in [3.8, 4) is 11.1 Å². The van der Waals surface area contributed by atoms with Crippen LogP contribution in [0.3, 0.4) is 0 Å². The maximum atomic E-state index is 14.0. The minimum atomic E-state index is -0.271. The van der Waals surface area contributed by atoms with Crippen molar-refractivity contribution in [1.82, 2.24) is 14.9 Å². The average Bonchev–Trinajstić information content (AvgIpc) is 3.22. The largest absolute Gasteiger partial charge is 0.347 e. The van der Waals surface area contributed by atoms with Crippen molar-refractivity contribution < 1.29 is 9.18 Å². The average molecular weight is 434 g/mol. The highest BCUT2D eigenvalue weighted by molar-refractivity contribution is 5.88. The first kappa shape index (κ1) is 21.9. The number of nitrogens with one attached hydrogen (secondary N) is 1. The molecule has 0 bridgehead atoms. The minimum absolute atomic E-state index is 0.0808. The Balaban J connectivity index is 1.65. The van der Waals surface area contributed by atoms with E-state index in [-0.39, 0.29) is 17.8 Å². The molecule has 2 aromatic carbocycles. The van der Waals surface area contributed by atoms with E-state index >= 15 is 0 Å². The highest BCUT2D eigenvalue weighted by atomic mass is 19.1. The van der Waals surface area contributed by atoms with Crippen LogP contribution in [0.5, 0.6) is 0 Å². The van der Waals surface area contributed by atoms with Crippen molar-refractivity contribution in [3.05, 3.63) is 71.8 Å². The van der Waals surface area contributed by atoms with Gasteiger partial charge in [-0.25, -0.2) is 14.4 Å². The van der Waals surface area contributed by atoms with Gasteiger partial charge in [0.15, 0.2) is 0 Å². The summed E-state index contributed by atoms with van der Waals surface area (Å²) >= 11 is 0. The zero-order valence-electron chi connectivity index (χ0n) is 18.7. The van der Waals surface area contributed by atoms with Gasteiger partial charge in [-0.15, -0.1) is 0 Å². The molecule has 1 saturated heterocycles. The van der Waals surface area contributed by atoms with Crippen LogP contribution in [-0.4, -0.2) is 41.4 Å². The summed E-state index contributed by atoms with van der Waals surface area (Å²) < 4.78 is 14.0. The van der Waals surface area contributed by atoms with E-state index in [9.17, 15) is 9.18 Å². The number of hydrogen-bond donors (Lipinski definition) is 1. The molecule has 7 heteroatoms. The lowest BCUT2D eigenvalue weighted by molar-refractivity contribution is -0.114. The SMILES string of the molecule is CC(=O)Nc1ccc(CN2CCC[C@@H]2c2nc(N(C)C)ncc2-c2cccc(F)c2)cc1. The summed E-state index contributed by atoms with van der Waals surface area (Å²) in [6.45, 7) is 3.24. The molecule has 2 heterocycles. The molecule has 1 aliphatic heterocycles. The second-order valence-electron chi connectivity index (χ2n) is 8.38. The summed E-state index contributed by atoms with van der Waals surface area (Å²) in [5, 5.41) is 2.80. The molecule has 166 valence electrons. The molecule has 0 aliphatic carbocycles. The normalized spacial score (nSPS) is 16.2. The summed E-state index contributed by atoms with van der Waals surface area (Å²) in [7, 11) is 3.84. The van der Waals surface area contributed by atoms with Gasteiger partial charge in [-0.05, 0) is 54.8 Å². The van der Waals surface area contributed by atoms with Gasteiger partial charge in [-0.3, -0.25) is 9.69 Å². The van der Waals surface area contributed by atoms with Gasteiger partial charge >= 0.3 is 0 Å². The minimum Gasteiger partial charge on any atom is -0.347 e. The lowest BCUT2D eigenvalue weighted by Gasteiger charge is -2.27. The molecule has 1 atom stereocenters. The molecule has 0 spiro atoms.